The lowest BCUT2D eigenvalue weighted by molar-refractivity contribution is -0.121. The predicted molar refractivity (Wildman–Crippen MR) is 127 cm³/mol. The van der Waals surface area contributed by atoms with Crippen molar-refractivity contribution < 1.29 is 14.3 Å². The fourth-order valence-electron chi connectivity index (χ4n) is 2.40. The summed E-state index contributed by atoms with van der Waals surface area (Å²) in [7, 11) is 3.14. The fourth-order valence-corrected chi connectivity index (χ4v) is 4.27. The summed E-state index contributed by atoms with van der Waals surface area (Å²) < 4.78 is 5.66. The molecule has 0 saturated heterocycles. The van der Waals surface area contributed by atoms with Crippen LogP contribution in [0.2, 0.25) is 0 Å². The molecule has 2 amide bonds. The molecule has 1 aromatic heterocycles. The minimum absolute atomic E-state index is 0.0425. The highest BCUT2D eigenvalue weighted by molar-refractivity contribution is 8.76. The number of benzene rings is 1. The van der Waals surface area contributed by atoms with Crippen molar-refractivity contribution in [1.82, 2.24) is 15.7 Å². The van der Waals surface area contributed by atoms with E-state index < -0.39 is 0 Å². The van der Waals surface area contributed by atoms with Crippen molar-refractivity contribution in [1.29, 1.82) is 0 Å². The molecule has 0 aliphatic heterocycles. The van der Waals surface area contributed by atoms with E-state index in [1.807, 2.05) is 56.3 Å². The highest BCUT2D eigenvalue weighted by atomic mass is 33.1. The van der Waals surface area contributed by atoms with E-state index >= 15 is 0 Å². The van der Waals surface area contributed by atoms with Crippen LogP contribution in [-0.2, 0) is 9.59 Å². The number of nitrogens with one attached hydrogen (secondary N) is 2. The second-order valence-corrected chi connectivity index (χ2v) is 8.92. The van der Waals surface area contributed by atoms with Gasteiger partial charge in [-0.15, -0.1) is 0 Å². The van der Waals surface area contributed by atoms with Crippen molar-refractivity contribution in [3.8, 4) is 5.75 Å². The number of nitrogens with zero attached hydrogens (tertiary/aromatic N) is 2. The second kappa shape index (κ2) is 14.5. The zero-order valence-electron chi connectivity index (χ0n) is 17.8. The first-order valence-electron chi connectivity index (χ1n) is 10.1. The molecule has 0 saturated carbocycles. The molecule has 2 aromatic rings. The number of pyridine rings is 1. The maximum atomic E-state index is 12.0. The molecule has 0 bridgehead atoms. The normalized spacial score (nSPS) is 11.1. The Kier molecular flexibility index (Phi) is 11.6. The van der Waals surface area contributed by atoms with Gasteiger partial charge in [-0.05, 0) is 73.0 Å². The van der Waals surface area contributed by atoms with Crippen LogP contribution in [-0.4, -0.2) is 41.4 Å². The second-order valence-electron chi connectivity index (χ2n) is 6.49. The number of rotatable bonds is 13. The van der Waals surface area contributed by atoms with Crippen molar-refractivity contribution in [3.05, 3.63) is 54.2 Å². The highest BCUT2D eigenvalue weighted by Crippen LogP contribution is 2.29. The minimum atomic E-state index is -0.125. The molecule has 166 valence electrons. The Bertz CT molecular complexity index is 846. The maximum absolute atomic E-state index is 12.0. The molecule has 7 nitrogen and oxygen atoms in total. The Balaban J connectivity index is 1.66. The van der Waals surface area contributed by atoms with E-state index in [9.17, 15) is 9.59 Å². The van der Waals surface area contributed by atoms with E-state index in [0.717, 1.165) is 16.3 Å². The topological polar surface area (TPSA) is 92.7 Å². The summed E-state index contributed by atoms with van der Waals surface area (Å²) in [6.07, 6.45) is 3.25. The number of ether oxygens (including phenoxy) is 1. The van der Waals surface area contributed by atoms with Gasteiger partial charge in [0, 0.05) is 31.3 Å². The van der Waals surface area contributed by atoms with Gasteiger partial charge in [0.2, 0.25) is 11.8 Å². The van der Waals surface area contributed by atoms with E-state index in [-0.39, 0.29) is 11.8 Å². The van der Waals surface area contributed by atoms with Crippen LogP contribution < -0.4 is 15.5 Å². The predicted octanol–water partition coefficient (Wildman–Crippen LogP) is 4.05. The Hall–Kier alpha value is -2.52. The number of amides is 2. The van der Waals surface area contributed by atoms with Gasteiger partial charge in [-0.3, -0.25) is 9.59 Å². The third-order valence-electron chi connectivity index (χ3n) is 4.01. The zero-order chi connectivity index (χ0) is 22.3. The lowest BCUT2D eigenvalue weighted by atomic mass is 10.1. The number of hydrogen-bond donors (Lipinski definition) is 2. The molecule has 0 unspecified atom stereocenters. The highest BCUT2D eigenvalue weighted by Gasteiger charge is 2.04. The van der Waals surface area contributed by atoms with Gasteiger partial charge in [-0.1, -0.05) is 16.9 Å². The van der Waals surface area contributed by atoms with Crippen molar-refractivity contribution in [2.75, 3.05) is 18.9 Å². The van der Waals surface area contributed by atoms with Gasteiger partial charge >= 0.3 is 0 Å². The average molecular weight is 461 g/mol. The molecular weight excluding hydrogens is 432 g/mol. The first-order chi connectivity index (χ1) is 15.1. The van der Waals surface area contributed by atoms with E-state index in [1.165, 1.54) is 0 Å². The minimum Gasteiger partial charge on any atom is -0.494 e. The number of carbonyl (C=O) groups excluding carboxylic acids is 2. The largest absolute Gasteiger partial charge is 0.494 e. The van der Waals surface area contributed by atoms with Gasteiger partial charge in [0.1, 0.15) is 10.8 Å². The van der Waals surface area contributed by atoms with Crippen molar-refractivity contribution in [2.45, 2.75) is 38.1 Å². The quantitative estimate of drug-likeness (QED) is 0.203. The maximum Gasteiger partial charge on any atom is 0.240 e. The Morgan fingerprint density at radius 1 is 1.10 bits per heavy atom. The number of carbonyl (C=O) groups is 2. The Labute approximate surface area is 191 Å². The molecule has 2 N–H and O–H groups in total. The summed E-state index contributed by atoms with van der Waals surface area (Å²) in [5.41, 5.74) is 4.21. The summed E-state index contributed by atoms with van der Waals surface area (Å²) in [6.45, 7) is 4.87. The smallest absolute Gasteiger partial charge is 0.240 e. The molecule has 1 aromatic carbocycles. The third-order valence-corrected chi connectivity index (χ3v) is 6.27. The van der Waals surface area contributed by atoms with Crippen LogP contribution in [0.4, 0.5) is 0 Å². The van der Waals surface area contributed by atoms with Crippen LogP contribution in [0, 0.1) is 0 Å². The Morgan fingerprint density at radius 2 is 1.90 bits per heavy atom. The molecule has 0 aliphatic carbocycles. The summed E-state index contributed by atoms with van der Waals surface area (Å²) in [4.78, 5) is 27.6. The number of aromatic nitrogens is 1. The molecule has 0 spiro atoms. The SMILES string of the molecule is CCNC(=O)CCCOc1ccc(/C(C)=N/NC(=O)CCSSc2ccccn2)cc1. The van der Waals surface area contributed by atoms with Gasteiger partial charge in [0.25, 0.3) is 0 Å². The average Bonchev–Trinajstić information content (AvgIpc) is 2.79. The lowest BCUT2D eigenvalue weighted by Crippen LogP contribution is -2.22. The van der Waals surface area contributed by atoms with Gasteiger partial charge < -0.3 is 10.1 Å². The summed E-state index contributed by atoms with van der Waals surface area (Å²) in [5.74, 6) is 1.33. The lowest BCUT2D eigenvalue weighted by Gasteiger charge is -2.08. The number of hydrogen-bond acceptors (Lipinski definition) is 7. The van der Waals surface area contributed by atoms with Gasteiger partial charge in [-0.2, -0.15) is 5.10 Å². The number of hydrazone groups is 1. The molecule has 0 radical (unpaired) electrons. The van der Waals surface area contributed by atoms with Crippen molar-refractivity contribution in [2.24, 2.45) is 5.10 Å². The fraction of sp³-hybridized carbons (Fsp3) is 0.364. The summed E-state index contributed by atoms with van der Waals surface area (Å²) in [5, 5.41) is 7.87. The molecule has 1 heterocycles. The van der Waals surface area contributed by atoms with E-state index in [1.54, 1.807) is 27.8 Å². The van der Waals surface area contributed by atoms with E-state index in [4.69, 9.17) is 4.74 Å². The molecule has 0 fully saturated rings. The monoisotopic (exact) mass is 460 g/mol. The zero-order valence-corrected chi connectivity index (χ0v) is 19.4. The first-order valence-corrected chi connectivity index (χ1v) is 12.4. The summed E-state index contributed by atoms with van der Waals surface area (Å²) >= 11 is 0. The van der Waals surface area contributed by atoms with Crippen LogP contribution in [0.1, 0.15) is 38.7 Å². The standard InChI is InChI=1S/C22H28N4O3S2/c1-3-23-20(27)7-6-15-29-19-11-9-18(10-12-19)17(2)25-26-21(28)13-16-30-31-22-8-4-5-14-24-22/h4-5,8-12,14H,3,6-7,13,15-16H2,1-2H3,(H,23,27)(H,26,28)/b25-17+. The van der Waals surface area contributed by atoms with E-state index in [0.29, 0.717) is 43.9 Å². The first kappa shape index (κ1) is 24.7. The van der Waals surface area contributed by atoms with Crippen LogP contribution in [0.5, 0.6) is 5.75 Å². The van der Waals surface area contributed by atoms with Gasteiger partial charge in [0.15, 0.2) is 0 Å². The molecule has 9 heteroatoms. The van der Waals surface area contributed by atoms with E-state index in [2.05, 4.69) is 20.8 Å². The molecule has 31 heavy (non-hydrogen) atoms. The summed E-state index contributed by atoms with van der Waals surface area (Å²) in [6, 6.07) is 13.2. The van der Waals surface area contributed by atoms with Crippen molar-refractivity contribution >= 4 is 39.1 Å². The molecule has 0 aliphatic rings. The van der Waals surface area contributed by atoms with Crippen LogP contribution in [0.15, 0.2) is 58.8 Å². The molecule has 0 atom stereocenters. The molecule has 2 rings (SSSR count). The van der Waals surface area contributed by atoms with Crippen LogP contribution in [0.25, 0.3) is 0 Å². The third kappa shape index (κ3) is 10.4. The Morgan fingerprint density at radius 3 is 2.61 bits per heavy atom. The van der Waals surface area contributed by atoms with Gasteiger partial charge in [-0.25, -0.2) is 10.4 Å². The molecular formula is C22H28N4O3S2. The van der Waals surface area contributed by atoms with Crippen LogP contribution in [0.3, 0.4) is 0 Å². The van der Waals surface area contributed by atoms with Crippen LogP contribution >= 0.6 is 21.6 Å². The van der Waals surface area contributed by atoms with Gasteiger partial charge in [0.05, 0.1) is 12.3 Å². The van der Waals surface area contributed by atoms with Crippen molar-refractivity contribution in [3.63, 3.8) is 0 Å².